The van der Waals surface area contributed by atoms with Gasteiger partial charge in [-0.25, -0.2) is 0 Å². The van der Waals surface area contributed by atoms with Gasteiger partial charge in [-0.2, -0.15) is 0 Å². The molecular formula is C18H20N2O3S. The molecule has 0 saturated carbocycles. The number of amides is 1. The van der Waals surface area contributed by atoms with E-state index in [9.17, 15) is 4.79 Å². The maximum Gasteiger partial charge on any atom is 0.257 e. The van der Waals surface area contributed by atoms with Crippen LogP contribution < -0.4 is 15.4 Å². The van der Waals surface area contributed by atoms with E-state index < -0.39 is 0 Å². The van der Waals surface area contributed by atoms with E-state index in [1.54, 1.807) is 24.3 Å². The van der Waals surface area contributed by atoms with Gasteiger partial charge in [-0.1, -0.05) is 18.2 Å². The van der Waals surface area contributed by atoms with E-state index >= 15 is 0 Å². The highest BCUT2D eigenvalue weighted by molar-refractivity contribution is 7.80. The van der Waals surface area contributed by atoms with Gasteiger partial charge in [-0.3, -0.25) is 10.1 Å². The molecule has 1 amide bonds. The van der Waals surface area contributed by atoms with Gasteiger partial charge in [0.15, 0.2) is 5.11 Å². The maximum atomic E-state index is 12.2. The number of carbonyl (C=O) groups excluding carboxylic acids is 1. The summed E-state index contributed by atoms with van der Waals surface area (Å²) in [6.45, 7) is 3.62. The third-order valence-electron chi connectivity index (χ3n) is 3.08. The highest BCUT2D eigenvalue weighted by Gasteiger charge is 2.08. The van der Waals surface area contributed by atoms with Crippen LogP contribution in [0.3, 0.4) is 0 Å². The van der Waals surface area contributed by atoms with Crippen molar-refractivity contribution in [2.45, 2.75) is 6.92 Å². The molecule has 2 rings (SSSR count). The molecule has 2 aromatic carbocycles. The number of thiocarbonyl (C=S) groups is 1. The molecule has 6 heteroatoms. The molecule has 0 saturated heterocycles. The van der Waals surface area contributed by atoms with Gasteiger partial charge in [0.25, 0.3) is 5.91 Å². The number of hydrogen-bond donors (Lipinski definition) is 2. The number of carbonyl (C=O) groups is 1. The Labute approximate surface area is 147 Å². The number of nitrogens with one attached hydrogen (secondary N) is 2. The minimum absolute atomic E-state index is 0.253. The summed E-state index contributed by atoms with van der Waals surface area (Å²) in [5.74, 6) is 0.417. The normalized spacial score (nSPS) is 10.0. The largest absolute Gasteiger partial charge is 0.491 e. The summed E-state index contributed by atoms with van der Waals surface area (Å²) in [5.41, 5.74) is 1.32. The average molecular weight is 344 g/mol. The molecular weight excluding hydrogens is 324 g/mol. The fourth-order valence-electron chi connectivity index (χ4n) is 1.92. The molecule has 126 valence electrons. The summed E-state index contributed by atoms with van der Waals surface area (Å²) in [6, 6.07) is 16.3. The number of para-hydroxylation sites is 1. The first-order valence-electron chi connectivity index (χ1n) is 7.67. The van der Waals surface area contributed by atoms with Crippen molar-refractivity contribution in [2.75, 3.05) is 25.1 Å². The first-order chi connectivity index (χ1) is 11.7. The molecule has 2 N–H and O–H groups in total. The second-order valence-corrected chi connectivity index (χ2v) is 5.25. The van der Waals surface area contributed by atoms with Crippen molar-refractivity contribution in [1.82, 2.24) is 5.32 Å². The Morgan fingerprint density at radius 2 is 1.75 bits per heavy atom. The molecule has 0 unspecified atom stereocenters. The van der Waals surface area contributed by atoms with E-state index in [-0.39, 0.29) is 11.0 Å². The maximum absolute atomic E-state index is 12.2. The summed E-state index contributed by atoms with van der Waals surface area (Å²) in [4.78, 5) is 12.2. The number of benzene rings is 2. The number of rotatable bonds is 7. The Balaban J connectivity index is 1.82. The molecule has 5 nitrogen and oxygen atoms in total. The molecule has 0 bridgehead atoms. The molecule has 2 aromatic rings. The summed E-state index contributed by atoms with van der Waals surface area (Å²) in [5, 5.41) is 5.85. The second kappa shape index (κ2) is 9.64. The Morgan fingerprint density at radius 1 is 1.04 bits per heavy atom. The van der Waals surface area contributed by atoms with Crippen molar-refractivity contribution in [3.63, 3.8) is 0 Å². The monoisotopic (exact) mass is 344 g/mol. The summed E-state index contributed by atoms with van der Waals surface area (Å²) in [7, 11) is 0. The Morgan fingerprint density at radius 3 is 2.42 bits per heavy atom. The van der Waals surface area contributed by atoms with E-state index in [0.717, 1.165) is 5.69 Å². The predicted octanol–water partition coefficient (Wildman–Crippen LogP) is 3.23. The summed E-state index contributed by atoms with van der Waals surface area (Å²) in [6.07, 6.45) is 0. The van der Waals surface area contributed by atoms with Crippen molar-refractivity contribution >= 4 is 28.9 Å². The van der Waals surface area contributed by atoms with Crippen molar-refractivity contribution < 1.29 is 14.3 Å². The highest BCUT2D eigenvalue weighted by atomic mass is 32.1. The zero-order chi connectivity index (χ0) is 17.2. The van der Waals surface area contributed by atoms with Crippen LogP contribution >= 0.6 is 12.2 Å². The van der Waals surface area contributed by atoms with Gasteiger partial charge in [-0.15, -0.1) is 0 Å². The quantitative estimate of drug-likeness (QED) is 0.596. The Hall–Kier alpha value is -2.44. The topological polar surface area (TPSA) is 59.6 Å². The van der Waals surface area contributed by atoms with Gasteiger partial charge >= 0.3 is 0 Å². The van der Waals surface area contributed by atoms with E-state index in [1.165, 1.54) is 0 Å². The lowest BCUT2D eigenvalue weighted by Crippen LogP contribution is -2.34. The Kier molecular flexibility index (Phi) is 7.20. The van der Waals surface area contributed by atoms with Crippen molar-refractivity contribution in [2.24, 2.45) is 0 Å². The predicted molar refractivity (Wildman–Crippen MR) is 98.6 cm³/mol. The average Bonchev–Trinajstić information content (AvgIpc) is 2.60. The van der Waals surface area contributed by atoms with Crippen LogP contribution in [0, 0.1) is 0 Å². The molecule has 0 spiro atoms. The van der Waals surface area contributed by atoms with Crippen LogP contribution in [-0.4, -0.2) is 30.8 Å². The van der Waals surface area contributed by atoms with Crippen molar-refractivity contribution in [3.8, 4) is 5.75 Å². The van der Waals surface area contributed by atoms with Crippen LogP contribution in [0.25, 0.3) is 0 Å². The zero-order valence-electron chi connectivity index (χ0n) is 13.5. The lowest BCUT2D eigenvalue weighted by atomic mass is 10.2. The van der Waals surface area contributed by atoms with E-state index in [1.807, 2.05) is 37.3 Å². The van der Waals surface area contributed by atoms with E-state index in [4.69, 9.17) is 21.7 Å². The SMILES string of the molecule is CCOCCOc1ccc(C(=O)NC(=S)Nc2ccccc2)cc1. The van der Waals surface area contributed by atoms with Gasteiger partial charge < -0.3 is 14.8 Å². The van der Waals surface area contributed by atoms with Crippen LogP contribution in [0.5, 0.6) is 5.75 Å². The van der Waals surface area contributed by atoms with E-state index in [2.05, 4.69) is 10.6 Å². The third kappa shape index (κ3) is 5.98. The van der Waals surface area contributed by atoms with Crippen LogP contribution in [-0.2, 0) is 4.74 Å². The summed E-state index contributed by atoms with van der Waals surface area (Å²) >= 11 is 5.14. The van der Waals surface area contributed by atoms with Gasteiger partial charge in [0.2, 0.25) is 0 Å². The van der Waals surface area contributed by atoms with Gasteiger partial charge in [0.05, 0.1) is 6.61 Å². The molecule has 0 atom stereocenters. The first kappa shape index (κ1) is 17.9. The fraction of sp³-hybridized carbons (Fsp3) is 0.222. The zero-order valence-corrected chi connectivity index (χ0v) is 14.3. The standard InChI is InChI=1S/C18H20N2O3S/c1-2-22-12-13-23-16-10-8-14(9-11-16)17(21)20-18(24)19-15-6-4-3-5-7-15/h3-11H,2,12-13H2,1H3,(H2,19,20,21,24). The highest BCUT2D eigenvalue weighted by Crippen LogP contribution is 2.12. The van der Waals surface area contributed by atoms with Crippen LogP contribution in [0.1, 0.15) is 17.3 Å². The third-order valence-corrected chi connectivity index (χ3v) is 3.28. The van der Waals surface area contributed by atoms with Crippen molar-refractivity contribution in [3.05, 3.63) is 60.2 Å². The van der Waals surface area contributed by atoms with Crippen molar-refractivity contribution in [1.29, 1.82) is 0 Å². The first-order valence-corrected chi connectivity index (χ1v) is 8.08. The van der Waals surface area contributed by atoms with E-state index in [0.29, 0.717) is 31.1 Å². The van der Waals surface area contributed by atoms with Crippen LogP contribution in [0.15, 0.2) is 54.6 Å². The van der Waals surface area contributed by atoms with Gasteiger partial charge in [0.1, 0.15) is 12.4 Å². The van der Waals surface area contributed by atoms with Crippen LogP contribution in [0.2, 0.25) is 0 Å². The number of anilines is 1. The van der Waals surface area contributed by atoms with Gasteiger partial charge in [-0.05, 0) is 55.5 Å². The lowest BCUT2D eigenvalue weighted by molar-refractivity contribution is 0.0977. The molecule has 0 heterocycles. The second-order valence-electron chi connectivity index (χ2n) is 4.84. The number of ether oxygens (including phenoxy) is 2. The minimum Gasteiger partial charge on any atom is -0.491 e. The molecule has 0 aliphatic heterocycles. The molecule has 24 heavy (non-hydrogen) atoms. The molecule has 0 aliphatic rings. The fourth-order valence-corrected chi connectivity index (χ4v) is 2.13. The molecule has 0 fully saturated rings. The number of hydrogen-bond acceptors (Lipinski definition) is 4. The minimum atomic E-state index is -0.274. The molecule has 0 radical (unpaired) electrons. The smallest absolute Gasteiger partial charge is 0.257 e. The molecule has 0 aromatic heterocycles. The lowest BCUT2D eigenvalue weighted by Gasteiger charge is -2.10. The van der Waals surface area contributed by atoms with Crippen LogP contribution in [0.4, 0.5) is 5.69 Å². The van der Waals surface area contributed by atoms with Gasteiger partial charge in [0, 0.05) is 17.9 Å². The Bertz CT molecular complexity index is 660. The summed E-state index contributed by atoms with van der Waals surface area (Å²) < 4.78 is 10.7. The molecule has 0 aliphatic carbocycles.